The van der Waals surface area contributed by atoms with Gasteiger partial charge in [0.15, 0.2) is 0 Å². The molecule has 1 N–H and O–H groups in total. The largest absolute Gasteiger partial charge is 0.465 e. The Bertz CT molecular complexity index is 528. The van der Waals surface area contributed by atoms with Crippen LogP contribution >= 0.6 is 0 Å². The highest BCUT2D eigenvalue weighted by Gasteiger charge is 2.59. The first-order valence-corrected chi connectivity index (χ1v) is 8.26. The first kappa shape index (κ1) is 19.5. The van der Waals surface area contributed by atoms with Gasteiger partial charge in [0.1, 0.15) is 0 Å². The van der Waals surface area contributed by atoms with Crippen molar-refractivity contribution in [3.8, 4) is 0 Å². The Morgan fingerprint density at radius 3 is 1.48 bits per heavy atom. The molecule has 0 aromatic heterocycles. The van der Waals surface area contributed by atoms with Crippen molar-refractivity contribution in [3.63, 3.8) is 0 Å². The zero-order chi connectivity index (χ0) is 18.3. The van der Waals surface area contributed by atoms with Gasteiger partial charge in [0.05, 0.1) is 5.54 Å². The Morgan fingerprint density at radius 1 is 0.826 bits per heavy atom. The van der Waals surface area contributed by atoms with Crippen LogP contribution in [-0.2, 0) is 5.54 Å². The van der Waals surface area contributed by atoms with Crippen LogP contribution in [0.4, 0.5) is 4.79 Å². The summed E-state index contributed by atoms with van der Waals surface area (Å²) in [7, 11) is 0. The van der Waals surface area contributed by atoms with E-state index in [9.17, 15) is 9.90 Å². The summed E-state index contributed by atoms with van der Waals surface area (Å²) in [5, 5.41) is 10.2. The molecule has 0 fully saturated rings. The number of amides is 1. The van der Waals surface area contributed by atoms with Crippen LogP contribution < -0.4 is 0 Å². The molecule has 1 amide bonds. The van der Waals surface area contributed by atoms with Crippen molar-refractivity contribution in [1.29, 1.82) is 0 Å². The third-order valence-electron chi connectivity index (χ3n) is 4.56. The highest BCUT2D eigenvalue weighted by Crippen LogP contribution is 2.57. The maximum atomic E-state index is 12.4. The summed E-state index contributed by atoms with van der Waals surface area (Å²) in [6.07, 6.45) is -0.883. The second-order valence-corrected chi connectivity index (χ2v) is 9.37. The van der Waals surface area contributed by atoms with E-state index in [4.69, 9.17) is 0 Å². The van der Waals surface area contributed by atoms with Gasteiger partial charge >= 0.3 is 6.09 Å². The van der Waals surface area contributed by atoms with Crippen LogP contribution in [-0.4, -0.2) is 21.6 Å². The zero-order valence-electron chi connectivity index (χ0n) is 16.2. The summed E-state index contributed by atoms with van der Waals surface area (Å²) >= 11 is 0. The molecule has 130 valence electrons. The summed E-state index contributed by atoms with van der Waals surface area (Å²) < 4.78 is 0. The van der Waals surface area contributed by atoms with Crippen molar-refractivity contribution < 1.29 is 9.90 Å². The van der Waals surface area contributed by atoms with Gasteiger partial charge in [-0.25, -0.2) is 4.79 Å². The first-order valence-electron chi connectivity index (χ1n) is 8.26. The predicted octanol–water partition coefficient (Wildman–Crippen LogP) is 5.75. The molecule has 0 spiro atoms. The fraction of sp³-hybridized carbons (Fsp3) is 0.650. The number of nitrogens with zero attached hydrogens (tertiary/aromatic N) is 1. The van der Waals surface area contributed by atoms with Gasteiger partial charge in [-0.05, 0) is 37.2 Å². The summed E-state index contributed by atoms with van der Waals surface area (Å²) in [4.78, 5) is 14.0. The molecule has 0 aliphatic rings. The van der Waals surface area contributed by atoms with Crippen LogP contribution in [0.1, 0.15) is 67.9 Å². The van der Waals surface area contributed by atoms with E-state index >= 15 is 0 Å². The molecule has 1 aromatic rings. The Kier molecular flexibility index (Phi) is 4.97. The molecule has 3 nitrogen and oxygen atoms in total. The molecule has 0 saturated carbocycles. The first-order chi connectivity index (χ1) is 10.2. The topological polar surface area (TPSA) is 40.5 Å². The van der Waals surface area contributed by atoms with Crippen LogP contribution in [0.5, 0.6) is 0 Å². The van der Waals surface area contributed by atoms with Gasteiger partial charge in [0.25, 0.3) is 0 Å². The fourth-order valence-corrected chi connectivity index (χ4v) is 4.40. The Hall–Kier alpha value is -1.51. The molecule has 0 saturated heterocycles. The summed E-state index contributed by atoms with van der Waals surface area (Å²) in [6.45, 7) is 18.7. The third-order valence-corrected chi connectivity index (χ3v) is 4.56. The minimum absolute atomic E-state index is 0.293. The van der Waals surface area contributed by atoms with Gasteiger partial charge in [-0.2, -0.15) is 0 Å². The second-order valence-electron chi connectivity index (χ2n) is 9.37. The Labute approximate surface area is 141 Å². The lowest BCUT2D eigenvalue weighted by molar-refractivity contribution is -0.115. The number of hydrogen-bond donors (Lipinski definition) is 1. The monoisotopic (exact) mass is 319 g/mol. The molecule has 0 atom stereocenters. The highest BCUT2D eigenvalue weighted by atomic mass is 16.4. The highest BCUT2D eigenvalue weighted by molar-refractivity contribution is 5.68. The predicted molar refractivity (Wildman–Crippen MR) is 96.6 cm³/mol. The SMILES string of the molecule is CC(C)(C)N(C(=O)O)C(c1ccccc1)(C(C)(C)C)C(C)(C)C. The van der Waals surface area contributed by atoms with Gasteiger partial charge in [0, 0.05) is 5.54 Å². The van der Waals surface area contributed by atoms with Crippen LogP contribution in [0, 0.1) is 10.8 Å². The van der Waals surface area contributed by atoms with Crippen LogP contribution in [0.15, 0.2) is 30.3 Å². The van der Waals surface area contributed by atoms with Gasteiger partial charge in [-0.3, -0.25) is 4.90 Å². The number of rotatable bonds is 2. The minimum atomic E-state index is -0.883. The van der Waals surface area contributed by atoms with Gasteiger partial charge in [-0.1, -0.05) is 71.9 Å². The molecule has 0 aliphatic heterocycles. The van der Waals surface area contributed by atoms with E-state index in [1.165, 1.54) is 0 Å². The molecule has 3 heteroatoms. The molecule has 1 aromatic carbocycles. The zero-order valence-corrected chi connectivity index (χ0v) is 16.2. The third kappa shape index (κ3) is 3.24. The second kappa shape index (κ2) is 5.85. The van der Waals surface area contributed by atoms with E-state index in [0.717, 1.165) is 5.56 Å². The van der Waals surface area contributed by atoms with E-state index in [-0.39, 0.29) is 10.8 Å². The summed E-state index contributed by atoms with van der Waals surface area (Å²) in [6, 6.07) is 10.1. The maximum absolute atomic E-state index is 12.4. The van der Waals surface area contributed by atoms with E-state index in [0.29, 0.717) is 0 Å². The molecule has 0 bridgehead atoms. The van der Waals surface area contributed by atoms with E-state index in [2.05, 4.69) is 53.7 Å². The quantitative estimate of drug-likeness (QED) is 0.753. The van der Waals surface area contributed by atoms with E-state index in [1.54, 1.807) is 4.90 Å². The summed E-state index contributed by atoms with van der Waals surface area (Å²) in [5.74, 6) is 0. The molecular formula is C20H33NO2. The molecular weight excluding hydrogens is 286 g/mol. The van der Waals surface area contributed by atoms with Crippen LogP contribution in [0.25, 0.3) is 0 Å². The molecule has 0 radical (unpaired) electrons. The number of carboxylic acid groups (broad SMARTS) is 1. The van der Waals surface area contributed by atoms with Gasteiger partial charge in [-0.15, -0.1) is 0 Å². The smallest absolute Gasteiger partial charge is 0.408 e. The van der Waals surface area contributed by atoms with Crippen molar-refractivity contribution in [1.82, 2.24) is 4.90 Å². The van der Waals surface area contributed by atoms with E-state index < -0.39 is 17.2 Å². The lowest BCUT2D eigenvalue weighted by atomic mass is 9.55. The van der Waals surface area contributed by atoms with Crippen molar-refractivity contribution in [2.45, 2.75) is 73.4 Å². The van der Waals surface area contributed by atoms with Crippen molar-refractivity contribution in [3.05, 3.63) is 35.9 Å². The van der Waals surface area contributed by atoms with Crippen molar-refractivity contribution in [2.75, 3.05) is 0 Å². The van der Waals surface area contributed by atoms with E-state index in [1.807, 2.05) is 39.0 Å². The van der Waals surface area contributed by atoms with Gasteiger partial charge in [0.2, 0.25) is 0 Å². The maximum Gasteiger partial charge on any atom is 0.408 e. The summed E-state index contributed by atoms with van der Waals surface area (Å²) in [5.41, 5.74) is -0.748. The normalized spacial score (nSPS) is 13.8. The molecule has 0 heterocycles. The van der Waals surface area contributed by atoms with Crippen LogP contribution in [0.3, 0.4) is 0 Å². The van der Waals surface area contributed by atoms with Crippen molar-refractivity contribution >= 4 is 6.09 Å². The Balaban J connectivity index is 3.97. The minimum Gasteiger partial charge on any atom is -0.465 e. The molecule has 23 heavy (non-hydrogen) atoms. The fourth-order valence-electron chi connectivity index (χ4n) is 4.40. The van der Waals surface area contributed by atoms with Crippen LogP contribution in [0.2, 0.25) is 0 Å². The lowest BCUT2D eigenvalue weighted by Crippen LogP contribution is -2.68. The number of benzene rings is 1. The Morgan fingerprint density at radius 2 is 1.22 bits per heavy atom. The average Bonchev–Trinajstić information content (AvgIpc) is 2.31. The molecule has 0 unspecified atom stereocenters. The molecule has 1 rings (SSSR count). The number of carbonyl (C=O) groups is 1. The van der Waals surface area contributed by atoms with Gasteiger partial charge < -0.3 is 5.11 Å². The number of hydrogen-bond acceptors (Lipinski definition) is 1. The van der Waals surface area contributed by atoms with Crippen molar-refractivity contribution in [2.24, 2.45) is 10.8 Å². The lowest BCUT2D eigenvalue weighted by Gasteiger charge is -2.62. The average molecular weight is 319 g/mol. The standard InChI is InChI=1S/C20H33NO2/c1-17(2,3)20(18(4,5)6,15-13-11-10-12-14-15)21(16(22)23)19(7,8)9/h10-14H,1-9H3,(H,22,23). The molecule has 0 aliphatic carbocycles.